The summed E-state index contributed by atoms with van der Waals surface area (Å²) in [7, 11) is 1.42. The molecule has 0 aliphatic rings. The Bertz CT molecular complexity index is 592. The van der Waals surface area contributed by atoms with Gasteiger partial charge in [0.15, 0.2) is 0 Å². The number of ether oxygens (including phenoxy) is 1. The minimum absolute atomic E-state index is 0.0897. The van der Waals surface area contributed by atoms with E-state index in [1.807, 2.05) is 24.3 Å². The lowest BCUT2D eigenvalue weighted by molar-refractivity contribution is 0.0598. The van der Waals surface area contributed by atoms with Crippen LogP contribution in [0.5, 0.6) is 0 Å². The summed E-state index contributed by atoms with van der Waals surface area (Å²) >= 11 is 0. The SMILES string of the molecule is COC(=O)c1cc2ccccc2cc1C(C)(C)C. The molecule has 2 aromatic rings. The Balaban J connectivity index is 2.76. The van der Waals surface area contributed by atoms with E-state index in [-0.39, 0.29) is 11.4 Å². The van der Waals surface area contributed by atoms with E-state index in [4.69, 9.17) is 4.74 Å². The first-order valence-corrected chi connectivity index (χ1v) is 6.05. The molecule has 0 aromatic heterocycles. The predicted octanol–water partition coefficient (Wildman–Crippen LogP) is 3.92. The minimum atomic E-state index is -0.273. The first kappa shape index (κ1) is 12.6. The van der Waals surface area contributed by atoms with Gasteiger partial charge in [-0.1, -0.05) is 45.0 Å². The highest BCUT2D eigenvalue weighted by Crippen LogP contribution is 2.30. The van der Waals surface area contributed by atoms with Crippen molar-refractivity contribution in [3.05, 3.63) is 47.5 Å². The molecular weight excluding hydrogens is 224 g/mol. The van der Waals surface area contributed by atoms with Crippen LogP contribution in [-0.2, 0) is 10.2 Å². The number of rotatable bonds is 1. The Kier molecular flexibility index (Phi) is 3.12. The topological polar surface area (TPSA) is 26.3 Å². The zero-order chi connectivity index (χ0) is 13.3. The molecule has 0 amide bonds. The molecule has 0 radical (unpaired) electrons. The zero-order valence-corrected chi connectivity index (χ0v) is 11.3. The Morgan fingerprint density at radius 3 is 2.11 bits per heavy atom. The van der Waals surface area contributed by atoms with Gasteiger partial charge in [-0.3, -0.25) is 0 Å². The Labute approximate surface area is 108 Å². The quantitative estimate of drug-likeness (QED) is 0.708. The van der Waals surface area contributed by atoms with Crippen molar-refractivity contribution in [3.8, 4) is 0 Å². The molecule has 0 aliphatic carbocycles. The van der Waals surface area contributed by atoms with E-state index in [1.165, 1.54) is 7.11 Å². The third-order valence-corrected chi connectivity index (χ3v) is 3.10. The summed E-state index contributed by atoms with van der Waals surface area (Å²) < 4.78 is 4.88. The third kappa shape index (κ3) is 2.23. The third-order valence-electron chi connectivity index (χ3n) is 3.10. The lowest BCUT2D eigenvalue weighted by atomic mass is 9.82. The molecule has 94 valence electrons. The summed E-state index contributed by atoms with van der Waals surface area (Å²) in [4.78, 5) is 11.9. The largest absolute Gasteiger partial charge is 0.465 e. The van der Waals surface area contributed by atoms with Crippen molar-refractivity contribution >= 4 is 16.7 Å². The van der Waals surface area contributed by atoms with Crippen LogP contribution in [0.25, 0.3) is 10.8 Å². The number of carbonyl (C=O) groups is 1. The van der Waals surface area contributed by atoms with Crippen molar-refractivity contribution in [2.24, 2.45) is 0 Å². The van der Waals surface area contributed by atoms with Crippen LogP contribution in [0.2, 0.25) is 0 Å². The van der Waals surface area contributed by atoms with E-state index < -0.39 is 0 Å². The van der Waals surface area contributed by atoms with E-state index in [0.717, 1.165) is 16.3 Å². The van der Waals surface area contributed by atoms with Crippen molar-refractivity contribution in [2.75, 3.05) is 7.11 Å². The number of benzene rings is 2. The fourth-order valence-electron chi connectivity index (χ4n) is 2.14. The maximum absolute atomic E-state index is 11.9. The van der Waals surface area contributed by atoms with Crippen LogP contribution in [0.1, 0.15) is 36.7 Å². The second kappa shape index (κ2) is 4.45. The fraction of sp³-hybridized carbons (Fsp3) is 0.312. The molecule has 0 aliphatic heterocycles. The van der Waals surface area contributed by atoms with Crippen LogP contribution in [0.15, 0.2) is 36.4 Å². The Morgan fingerprint density at radius 2 is 1.61 bits per heavy atom. The lowest BCUT2D eigenvalue weighted by Gasteiger charge is -2.22. The highest BCUT2D eigenvalue weighted by atomic mass is 16.5. The van der Waals surface area contributed by atoms with Gasteiger partial charge in [-0.25, -0.2) is 4.79 Å². The smallest absolute Gasteiger partial charge is 0.338 e. The molecule has 0 saturated heterocycles. The molecule has 2 aromatic carbocycles. The predicted molar refractivity (Wildman–Crippen MR) is 74.0 cm³/mol. The van der Waals surface area contributed by atoms with E-state index in [2.05, 4.69) is 32.9 Å². The van der Waals surface area contributed by atoms with Crippen LogP contribution in [-0.4, -0.2) is 13.1 Å². The normalized spacial score (nSPS) is 11.6. The second-order valence-corrected chi connectivity index (χ2v) is 5.49. The van der Waals surface area contributed by atoms with Gasteiger partial charge in [-0.05, 0) is 33.9 Å². The highest BCUT2D eigenvalue weighted by molar-refractivity contribution is 5.97. The van der Waals surface area contributed by atoms with Gasteiger partial charge < -0.3 is 4.74 Å². The molecule has 0 atom stereocenters. The summed E-state index contributed by atoms with van der Waals surface area (Å²) in [6.45, 7) is 6.30. The van der Waals surface area contributed by atoms with Crippen molar-refractivity contribution in [2.45, 2.75) is 26.2 Å². The monoisotopic (exact) mass is 242 g/mol. The summed E-state index contributed by atoms with van der Waals surface area (Å²) in [5.41, 5.74) is 1.59. The molecule has 18 heavy (non-hydrogen) atoms. The van der Waals surface area contributed by atoms with E-state index in [0.29, 0.717) is 5.56 Å². The average molecular weight is 242 g/mol. The average Bonchev–Trinajstić information content (AvgIpc) is 2.35. The highest BCUT2D eigenvalue weighted by Gasteiger charge is 2.22. The standard InChI is InChI=1S/C16H18O2/c1-16(2,3)14-10-12-8-6-5-7-11(12)9-13(14)15(17)18-4/h5-10H,1-4H3. The second-order valence-electron chi connectivity index (χ2n) is 5.49. The number of fused-ring (bicyclic) bond motifs is 1. The first-order chi connectivity index (χ1) is 8.43. The molecule has 2 rings (SSSR count). The Hall–Kier alpha value is -1.83. The fourth-order valence-corrected chi connectivity index (χ4v) is 2.14. The van der Waals surface area contributed by atoms with Gasteiger partial charge in [0.05, 0.1) is 12.7 Å². The van der Waals surface area contributed by atoms with Gasteiger partial charge in [-0.2, -0.15) is 0 Å². The lowest BCUT2D eigenvalue weighted by Crippen LogP contribution is -2.17. The molecule has 2 nitrogen and oxygen atoms in total. The molecule has 0 bridgehead atoms. The summed E-state index contributed by atoms with van der Waals surface area (Å²) in [5.74, 6) is -0.273. The number of hydrogen-bond donors (Lipinski definition) is 0. The number of hydrogen-bond acceptors (Lipinski definition) is 2. The van der Waals surface area contributed by atoms with Gasteiger partial charge in [0, 0.05) is 0 Å². The number of esters is 1. The minimum Gasteiger partial charge on any atom is -0.465 e. The maximum atomic E-state index is 11.9. The maximum Gasteiger partial charge on any atom is 0.338 e. The van der Waals surface area contributed by atoms with Crippen molar-refractivity contribution < 1.29 is 9.53 Å². The molecular formula is C16H18O2. The van der Waals surface area contributed by atoms with E-state index in [1.54, 1.807) is 0 Å². The van der Waals surface area contributed by atoms with Crippen LogP contribution in [0.4, 0.5) is 0 Å². The summed E-state index contributed by atoms with van der Waals surface area (Å²) in [6.07, 6.45) is 0. The Morgan fingerprint density at radius 1 is 1.06 bits per heavy atom. The van der Waals surface area contributed by atoms with Gasteiger partial charge >= 0.3 is 5.97 Å². The van der Waals surface area contributed by atoms with Crippen LogP contribution < -0.4 is 0 Å². The molecule has 0 unspecified atom stereocenters. The summed E-state index contributed by atoms with van der Waals surface area (Å²) in [5, 5.41) is 2.21. The van der Waals surface area contributed by atoms with E-state index >= 15 is 0 Å². The van der Waals surface area contributed by atoms with Crippen LogP contribution >= 0.6 is 0 Å². The van der Waals surface area contributed by atoms with Crippen molar-refractivity contribution in [1.82, 2.24) is 0 Å². The molecule has 0 heterocycles. The molecule has 0 saturated carbocycles. The van der Waals surface area contributed by atoms with Crippen LogP contribution in [0, 0.1) is 0 Å². The number of methoxy groups -OCH3 is 1. The van der Waals surface area contributed by atoms with Gasteiger partial charge in [-0.15, -0.1) is 0 Å². The van der Waals surface area contributed by atoms with Gasteiger partial charge in [0.25, 0.3) is 0 Å². The van der Waals surface area contributed by atoms with Crippen molar-refractivity contribution in [3.63, 3.8) is 0 Å². The molecule has 2 heteroatoms. The number of carbonyl (C=O) groups excluding carboxylic acids is 1. The van der Waals surface area contributed by atoms with Gasteiger partial charge in [0.2, 0.25) is 0 Å². The van der Waals surface area contributed by atoms with Crippen LogP contribution in [0.3, 0.4) is 0 Å². The van der Waals surface area contributed by atoms with Gasteiger partial charge in [0.1, 0.15) is 0 Å². The summed E-state index contributed by atoms with van der Waals surface area (Å²) in [6, 6.07) is 12.1. The van der Waals surface area contributed by atoms with Crippen molar-refractivity contribution in [1.29, 1.82) is 0 Å². The van der Waals surface area contributed by atoms with E-state index in [9.17, 15) is 4.79 Å². The zero-order valence-electron chi connectivity index (χ0n) is 11.3. The first-order valence-electron chi connectivity index (χ1n) is 6.05. The molecule has 0 spiro atoms. The molecule has 0 N–H and O–H groups in total. The molecule has 0 fully saturated rings.